The van der Waals surface area contributed by atoms with E-state index >= 15 is 0 Å². The molecule has 2 aromatic carbocycles. The number of ether oxygens (including phenoxy) is 2. The van der Waals surface area contributed by atoms with E-state index in [1.165, 1.54) is 16.7 Å². The maximum atomic E-state index is 6.38. The maximum Gasteiger partial charge on any atom is 0.123 e. The Balaban J connectivity index is 1.61. The van der Waals surface area contributed by atoms with Gasteiger partial charge >= 0.3 is 0 Å². The van der Waals surface area contributed by atoms with Gasteiger partial charge in [-0.2, -0.15) is 0 Å². The van der Waals surface area contributed by atoms with Crippen LogP contribution in [-0.2, 0) is 17.8 Å². The lowest BCUT2D eigenvalue weighted by molar-refractivity contribution is -0.0301. The maximum absolute atomic E-state index is 6.38. The van der Waals surface area contributed by atoms with E-state index in [9.17, 15) is 0 Å². The normalized spacial score (nSPS) is 27.2. The molecule has 2 aliphatic rings. The van der Waals surface area contributed by atoms with E-state index < -0.39 is 0 Å². The van der Waals surface area contributed by atoms with Crippen LogP contribution in [0, 0.1) is 5.92 Å². The predicted octanol–water partition coefficient (Wildman–Crippen LogP) is 5.76. The molecule has 3 atom stereocenters. The van der Waals surface area contributed by atoms with Crippen LogP contribution in [0.2, 0.25) is 0 Å². The second kappa shape index (κ2) is 6.69. The van der Waals surface area contributed by atoms with Crippen LogP contribution in [0.1, 0.15) is 50.0 Å². The molecule has 25 heavy (non-hydrogen) atoms. The second-order valence-electron chi connectivity index (χ2n) is 7.59. The first-order chi connectivity index (χ1) is 12.0. The van der Waals surface area contributed by atoms with Gasteiger partial charge in [0.05, 0.1) is 6.10 Å². The lowest BCUT2D eigenvalue weighted by Gasteiger charge is -2.49. The van der Waals surface area contributed by atoms with E-state index in [4.69, 9.17) is 9.47 Å². The van der Waals surface area contributed by atoms with Gasteiger partial charge in [0.15, 0.2) is 0 Å². The highest BCUT2D eigenvalue weighted by Crippen LogP contribution is 2.54. The van der Waals surface area contributed by atoms with Gasteiger partial charge in [0, 0.05) is 10.7 Å². The summed E-state index contributed by atoms with van der Waals surface area (Å²) in [6.45, 7) is 7.53. The first-order valence-corrected chi connectivity index (χ1v) is 10.0. The van der Waals surface area contributed by atoms with Crippen molar-refractivity contribution in [2.75, 3.05) is 0 Å². The number of hydrogen-bond acceptors (Lipinski definition) is 3. The van der Waals surface area contributed by atoms with Crippen LogP contribution in [0.25, 0.3) is 0 Å². The summed E-state index contributed by atoms with van der Waals surface area (Å²) in [5, 5.41) is 0. The Hall–Kier alpha value is -1.45. The largest absolute Gasteiger partial charge is 0.489 e. The summed E-state index contributed by atoms with van der Waals surface area (Å²) < 4.78 is 12.8. The Morgan fingerprint density at radius 1 is 1.12 bits per heavy atom. The zero-order valence-electron chi connectivity index (χ0n) is 15.2. The zero-order valence-corrected chi connectivity index (χ0v) is 16.0. The van der Waals surface area contributed by atoms with Crippen molar-refractivity contribution in [1.82, 2.24) is 0 Å². The topological polar surface area (TPSA) is 18.5 Å². The summed E-state index contributed by atoms with van der Waals surface area (Å²) in [7, 11) is 0. The molecule has 1 aliphatic carbocycles. The SMILES string of the molecule is C[C@@H]1O[C@@H]2c3cccc(OCc4ccccc4)c3CC[C@@H]2C(C)(C)S1. The van der Waals surface area contributed by atoms with Gasteiger partial charge in [0.2, 0.25) is 0 Å². The van der Waals surface area contributed by atoms with Crippen LogP contribution in [0.4, 0.5) is 0 Å². The number of fused-ring (bicyclic) bond motifs is 3. The lowest BCUT2D eigenvalue weighted by Crippen LogP contribution is -2.43. The van der Waals surface area contributed by atoms with Crippen molar-refractivity contribution in [2.45, 2.75) is 56.5 Å². The molecule has 3 heteroatoms. The molecule has 4 rings (SSSR count). The Bertz CT molecular complexity index is 741. The molecule has 0 radical (unpaired) electrons. The highest BCUT2D eigenvalue weighted by molar-refractivity contribution is 8.01. The van der Waals surface area contributed by atoms with Crippen LogP contribution < -0.4 is 4.74 Å². The number of hydrogen-bond donors (Lipinski definition) is 0. The van der Waals surface area contributed by atoms with E-state index in [-0.39, 0.29) is 16.3 Å². The van der Waals surface area contributed by atoms with Crippen LogP contribution in [0.5, 0.6) is 5.75 Å². The van der Waals surface area contributed by atoms with Gasteiger partial charge in [-0.3, -0.25) is 0 Å². The minimum Gasteiger partial charge on any atom is -0.489 e. The highest BCUT2D eigenvalue weighted by Gasteiger charge is 2.46. The van der Waals surface area contributed by atoms with Gasteiger partial charge in [0.1, 0.15) is 17.8 Å². The first-order valence-electron chi connectivity index (χ1n) is 9.16. The third-order valence-electron chi connectivity index (χ3n) is 5.48. The van der Waals surface area contributed by atoms with Crippen molar-refractivity contribution in [3.05, 3.63) is 65.2 Å². The van der Waals surface area contributed by atoms with E-state index in [0.29, 0.717) is 12.5 Å². The van der Waals surface area contributed by atoms with Crippen LogP contribution in [-0.4, -0.2) is 10.2 Å². The Kier molecular flexibility index (Phi) is 4.55. The number of benzene rings is 2. The van der Waals surface area contributed by atoms with Crippen LogP contribution >= 0.6 is 11.8 Å². The summed E-state index contributed by atoms with van der Waals surface area (Å²) in [6, 6.07) is 16.8. The zero-order chi connectivity index (χ0) is 17.4. The molecule has 132 valence electrons. The number of rotatable bonds is 3. The van der Waals surface area contributed by atoms with Gasteiger partial charge in [-0.05, 0) is 42.5 Å². The Labute approximate surface area is 154 Å². The summed E-state index contributed by atoms with van der Waals surface area (Å²) >= 11 is 1.96. The van der Waals surface area contributed by atoms with Crippen LogP contribution in [0.3, 0.4) is 0 Å². The molecule has 0 unspecified atom stereocenters. The van der Waals surface area contributed by atoms with Gasteiger partial charge in [-0.1, -0.05) is 56.3 Å². The molecule has 1 saturated heterocycles. The molecule has 1 heterocycles. The van der Waals surface area contributed by atoms with Crippen LogP contribution in [0.15, 0.2) is 48.5 Å². The van der Waals surface area contributed by atoms with Gasteiger partial charge < -0.3 is 9.47 Å². The average molecular weight is 355 g/mol. The molecule has 0 aromatic heterocycles. The van der Waals surface area contributed by atoms with Crippen molar-refractivity contribution < 1.29 is 9.47 Å². The quantitative estimate of drug-likeness (QED) is 0.698. The fraction of sp³-hybridized carbons (Fsp3) is 0.455. The molecule has 2 aromatic rings. The predicted molar refractivity (Wildman–Crippen MR) is 104 cm³/mol. The molecule has 0 N–H and O–H groups in total. The molecular weight excluding hydrogens is 328 g/mol. The average Bonchev–Trinajstić information content (AvgIpc) is 2.59. The van der Waals surface area contributed by atoms with E-state index in [2.05, 4.69) is 63.2 Å². The Morgan fingerprint density at radius 2 is 1.92 bits per heavy atom. The van der Waals surface area contributed by atoms with Gasteiger partial charge in [-0.25, -0.2) is 0 Å². The minimum atomic E-state index is 0.190. The molecule has 0 spiro atoms. The molecular formula is C22H26O2S. The summed E-state index contributed by atoms with van der Waals surface area (Å²) in [5.41, 5.74) is 4.11. The minimum absolute atomic E-state index is 0.190. The standard InChI is InChI=1S/C22H26O2S/c1-15-24-21-18-10-7-11-20(23-14-16-8-5-4-6-9-16)17(18)12-13-19(21)22(2,3)25-15/h4-11,15,19,21H,12-14H2,1-3H3/t15-,19+,21-/m1/s1. The second-order valence-corrected chi connectivity index (χ2v) is 9.54. The van der Waals surface area contributed by atoms with Crippen molar-refractivity contribution in [3.8, 4) is 5.75 Å². The van der Waals surface area contributed by atoms with Crippen molar-refractivity contribution in [3.63, 3.8) is 0 Å². The molecule has 0 saturated carbocycles. The van der Waals surface area contributed by atoms with Crippen molar-refractivity contribution in [1.29, 1.82) is 0 Å². The van der Waals surface area contributed by atoms with E-state index in [0.717, 1.165) is 18.6 Å². The third-order valence-corrected chi connectivity index (χ3v) is 6.84. The fourth-order valence-electron chi connectivity index (χ4n) is 4.28. The molecule has 1 aliphatic heterocycles. The van der Waals surface area contributed by atoms with Crippen molar-refractivity contribution in [2.24, 2.45) is 5.92 Å². The van der Waals surface area contributed by atoms with E-state index in [1.807, 2.05) is 17.8 Å². The lowest BCUT2D eigenvalue weighted by atomic mass is 9.75. The van der Waals surface area contributed by atoms with Crippen molar-refractivity contribution >= 4 is 11.8 Å². The number of thioether (sulfide) groups is 1. The monoisotopic (exact) mass is 354 g/mol. The summed E-state index contributed by atoms with van der Waals surface area (Å²) in [6.07, 6.45) is 2.43. The molecule has 0 bridgehead atoms. The summed E-state index contributed by atoms with van der Waals surface area (Å²) in [5.74, 6) is 1.58. The molecule has 1 fully saturated rings. The van der Waals surface area contributed by atoms with E-state index in [1.54, 1.807) is 0 Å². The molecule has 2 nitrogen and oxygen atoms in total. The summed E-state index contributed by atoms with van der Waals surface area (Å²) in [4.78, 5) is 0. The highest BCUT2D eigenvalue weighted by atomic mass is 32.2. The smallest absolute Gasteiger partial charge is 0.123 e. The molecule has 0 amide bonds. The Morgan fingerprint density at radius 3 is 2.72 bits per heavy atom. The van der Waals surface area contributed by atoms with Gasteiger partial charge in [-0.15, -0.1) is 11.8 Å². The van der Waals surface area contributed by atoms with Gasteiger partial charge in [0.25, 0.3) is 0 Å². The fourth-order valence-corrected chi connectivity index (χ4v) is 5.73. The first kappa shape index (κ1) is 17.0. The third kappa shape index (κ3) is 3.32.